The highest BCUT2D eigenvalue weighted by Crippen LogP contribution is 2.12. The number of pyridine rings is 1. The number of anilines is 1. The summed E-state index contributed by atoms with van der Waals surface area (Å²) in [6, 6.07) is 12.7. The summed E-state index contributed by atoms with van der Waals surface area (Å²) >= 11 is 0. The van der Waals surface area contributed by atoms with Crippen molar-refractivity contribution < 1.29 is 14.6 Å². The Labute approximate surface area is 117 Å². The number of hydrogen-bond donors (Lipinski definition) is 2. The van der Waals surface area contributed by atoms with Gasteiger partial charge < -0.3 is 9.84 Å². The molecule has 2 N–H and O–H groups in total. The SMILES string of the molecule is CC(O)c1ccc(NC(=O)OCc2ccccc2)nc1. The lowest BCUT2D eigenvalue weighted by atomic mass is 10.2. The van der Waals surface area contributed by atoms with Crippen LogP contribution in [0.15, 0.2) is 48.7 Å². The van der Waals surface area contributed by atoms with Crippen molar-refractivity contribution in [2.75, 3.05) is 5.32 Å². The van der Waals surface area contributed by atoms with Gasteiger partial charge in [-0.25, -0.2) is 9.78 Å². The fourth-order valence-electron chi connectivity index (χ4n) is 1.59. The Bertz CT molecular complexity index is 553. The zero-order chi connectivity index (χ0) is 14.4. The molecule has 0 aliphatic rings. The van der Waals surface area contributed by atoms with E-state index in [1.54, 1.807) is 19.1 Å². The number of aliphatic hydroxyl groups excluding tert-OH is 1. The highest BCUT2D eigenvalue weighted by Gasteiger charge is 2.06. The monoisotopic (exact) mass is 272 g/mol. The van der Waals surface area contributed by atoms with Gasteiger partial charge in [0.1, 0.15) is 12.4 Å². The Balaban J connectivity index is 1.85. The van der Waals surface area contributed by atoms with E-state index in [9.17, 15) is 9.90 Å². The second-order valence-corrected chi connectivity index (χ2v) is 4.34. The number of nitrogens with zero attached hydrogens (tertiary/aromatic N) is 1. The van der Waals surface area contributed by atoms with Gasteiger partial charge >= 0.3 is 6.09 Å². The molecule has 0 radical (unpaired) electrons. The predicted octanol–water partition coefficient (Wildman–Crippen LogP) is 2.88. The number of nitrogens with one attached hydrogen (secondary N) is 1. The van der Waals surface area contributed by atoms with Gasteiger partial charge in [-0.3, -0.25) is 5.32 Å². The molecule has 0 aliphatic carbocycles. The summed E-state index contributed by atoms with van der Waals surface area (Å²) in [4.78, 5) is 15.6. The molecule has 5 nitrogen and oxygen atoms in total. The lowest BCUT2D eigenvalue weighted by molar-refractivity contribution is 0.155. The summed E-state index contributed by atoms with van der Waals surface area (Å²) in [5, 5.41) is 11.9. The Kier molecular flexibility index (Phi) is 4.68. The van der Waals surface area contributed by atoms with E-state index in [1.165, 1.54) is 6.20 Å². The van der Waals surface area contributed by atoms with Gasteiger partial charge in [0.15, 0.2) is 0 Å². The summed E-state index contributed by atoms with van der Waals surface area (Å²) in [5.74, 6) is 0.382. The maximum absolute atomic E-state index is 11.6. The van der Waals surface area contributed by atoms with Crippen LogP contribution in [0, 0.1) is 0 Å². The fraction of sp³-hybridized carbons (Fsp3) is 0.200. The molecule has 2 aromatic rings. The van der Waals surface area contributed by atoms with Crippen LogP contribution in [0.3, 0.4) is 0 Å². The molecule has 20 heavy (non-hydrogen) atoms. The van der Waals surface area contributed by atoms with Crippen molar-refractivity contribution in [1.82, 2.24) is 4.98 Å². The molecular formula is C15H16N2O3. The van der Waals surface area contributed by atoms with Gasteiger partial charge in [0, 0.05) is 6.20 Å². The average molecular weight is 272 g/mol. The first-order valence-electron chi connectivity index (χ1n) is 6.27. The van der Waals surface area contributed by atoms with Crippen molar-refractivity contribution in [2.45, 2.75) is 19.6 Å². The van der Waals surface area contributed by atoms with Crippen molar-refractivity contribution in [3.05, 3.63) is 59.8 Å². The minimum absolute atomic E-state index is 0.207. The molecule has 0 spiro atoms. The maximum atomic E-state index is 11.6. The quantitative estimate of drug-likeness (QED) is 0.897. The number of ether oxygens (including phenoxy) is 1. The lowest BCUT2D eigenvalue weighted by Crippen LogP contribution is -2.14. The molecule has 1 aromatic carbocycles. The van der Waals surface area contributed by atoms with Crippen LogP contribution >= 0.6 is 0 Å². The molecule has 0 bridgehead atoms. The summed E-state index contributed by atoms with van der Waals surface area (Å²) in [5.41, 5.74) is 1.60. The molecule has 0 fully saturated rings. The number of rotatable bonds is 4. The third kappa shape index (κ3) is 4.07. The standard InChI is InChI=1S/C15H16N2O3/c1-11(18)13-7-8-14(16-9-13)17-15(19)20-10-12-5-3-2-4-6-12/h2-9,11,18H,10H2,1H3,(H,16,17,19). The van der Waals surface area contributed by atoms with E-state index in [2.05, 4.69) is 10.3 Å². The number of hydrogen-bond acceptors (Lipinski definition) is 4. The van der Waals surface area contributed by atoms with Crippen LogP contribution in [-0.4, -0.2) is 16.2 Å². The van der Waals surface area contributed by atoms with Crippen molar-refractivity contribution >= 4 is 11.9 Å². The largest absolute Gasteiger partial charge is 0.444 e. The van der Waals surface area contributed by atoms with Crippen LogP contribution in [0.25, 0.3) is 0 Å². The van der Waals surface area contributed by atoms with E-state index in [4.69, 9.17) is 4.74 Å². The molecule has 0 saturated heterocycles. The number of carbonyl (C=O) groups is 1. The second kappa shape index (κ2) is 6.68. The number of benzene rings is 1. The summed E-state index contributed by atoms with van der Waals surface area (Å²) in [6.45, 7) is 1.86. The van der Waals surface area contributed by atoms with E-state index in [1.807, 2.05) is 30.3 Å². The zero-order valence-corrected chi connectivity index (χ0v) is 11.1. The van der Waals surface area contributed by atoms with E-state index >= 15 is 0 Å². The van der Waals surface area contributed by atoms with Crippen LogP contribution in [-0.2, 0) is 11.3 Å². The van der Waals surface area contributed by atoms with Crippen LogP contribution in [0.5, 0.6) is 0 Å². The molecule has 1 aromatic heterocycles. The van der Waals surface area contributed by atoms with Crippen molar-refractivity contribution in [1.29, 1.82) is 0 Å². The van der Waals surface area contributed by atoms with Crippen molar-refractivity contribution in [3.8, 4) is 0 Å². The molecule has 1 unspecified atom stereocenters. The van der Waals surface area contributed by atoms with Gasteiger partial charge in [0.05, 0.1) is 6.10 Å². The smallest absolute Gasteiger partial charge is 0.413 e. The number of amides is 1. The van der Waals surface area contributed by atoms with E-state index in [-0.39, 0.29) is 6.61 Å². The van der Waals surface area contributed by atoms with Crippen molar-refractivity contribution in [3.63, 3.8) is 0 Å². The molecule has 1 atom stereocenters. The van der Waals surface area contributed by atoms with E-state index < -0.39 is 12.2 Å². The molecule has 1 heterocycles. The number of aromatic nitrogens is 1. The van der Waals surface area contributed by atoms with Crippen LogP contribution in [0.2, 0.25) is 0 Å². The van der Waals surface area contributed by atoms with Gasteiger partial charge in [0.2, 0.25) is 0 Å². The normalized spacial score (nSPS) is 11.7. The lowest BCUT2D eigenvalue weighted by Gasteiger charge is -2.08. The Morgan fingerprint density at radius 1 is 1.30 bits per heavy atom. The Hall–Kier alpha value is -2.40. The third-order valence-electron chi connectivity index (χ3n) is 2.71. The molecule has 0 aliphatic heterocycles. The van der Waals surface area contributed by atoms with Gasteiger partial charge in [0.25, 0.3) is 0 Å². The maximum Gasteiger partial charge on any atom is 0.413 e. The average Bonchev–Trinajstić information content (AvgIpc) is 2.47. The highest BCUT2D eigenvalue weighted by atomic mass is 16.5. The minimum atomic E-state index is -0.582. The molecule has 5 heteroatoms. The summed E-state index contributed by atoms with van der Waals surface area (Å²) in [6.07, 6.45) is 0.366. The van der Waals surface area contributed by atoms with Crippen LogP contribution in [0.1, 0.15) is 24.2 Å². The van der Waals surface area contributed by atoms with E-state index in [0.717, 1.165) is 5.56 Å². The van der Waals surface area contributed by atoms with Gasteiger partial charge in [-0.05, 0) is 24.1 Å². The van der Waals surface area contributed by atoms with Gasteiger partial charge in [-0.15, -0.1) is 0 Å². The fourth-order valence-corrected chi connectivity index (χ4v) is 1.59. The third-order valence-corrected chi connectivity index (χ3v) is 2.71. The Morgan fingerprint density at radius 2 is 2.05 bits per heavy atom. The molecule has 1 amide bonds. The first kappa shape index (κ1) is 14.0. The predicted molar refractivity (Wildman–Crippen MR) is 75.1 cm³/mol. The summed E-state index contributed by atoms with van der Waals surface area (Å²) < 4.78 is 5.07. The molecule has 0 saturated carbocycles. The van der Waals surface area contributed by atoms with Crippen LogP contribution < -0.4 is 5.32 Å². The first-order valence-corrected chi connectivity index (χ1v) is 6.27. The molecule has 104 valence electrons. The van der Waals surface area contributed by atoms with Gasteiger partial charge in [-0.1, -0.05) is 36.4 Å². The number of carbonyl (C=O) groups excluding carboxylic acids is 1. The Morgan fingerprint density at radius 3 is 2.65 bits per heavy atom. The molecular weight excluding hydrogens is 256 g/mol. The highest BCUT2D eigenvalue weighted by molar-refractivity contribution is 5.83. The first-order chi connectivity index (χ1) is 9.65. The molecule has 2 rings (SSSR count). The van der Waals surface area contributed by atoms with Crippen molar-refractivity contribution in [2.24, 2.45) is 0 Å². The second-order valence-electron chi connectivity index (χ2n) is 4.34. The van der Waals surface area contributed by atoms with E-state index in [0.29, 0.717) is 11.4 Å². The topological polar surface area (TPSA) is 71.5 Å². The summed E-state index contributed by atoms with van der Waals surface area (Å²) in [7, 11) is 0. The van der Waals surface area contributed by atoms with Crippen LogP contribution in [0.4, 0.5) is 10.6 Å². The minimum Gasteiger partial charge on any atom is -0.444 e. The van der Waals surface area contributed by atoms with Gasteiger partial charge in [-0.2, -0.15) is 0 Å². The zero-order valence-electron chi connectivity index (χ0n) is 11.1. The number of aliphatic hydroxyl groups is 1.